The molecule has 0 spiro atoms. The maximum Gasteiger partial charge on any atom is 0.270 e. The Morgan fingerprint density at radius 3 is 1.70 bits per heavy atom. The first kappa shape index (κ1) is 21.8. The fourth-order valence-electron chi connectivity index (χ4n) is 2.90. The zero-order valence-electron chi connectivity index (χ0n) is 16.3. The fourth-order valence-corrected chi connectivity index (χ4v) is 4.89. The summed E-state index contributed by atoms with van der Waals surface area (Å²) in [5.41, 5.74) is 2.19. The van der Waals surface area contributed by atoms with Crippen molar-refractivity contribution in [3.05, 3.63) is 71.8 Å². The molecule has 0 heterocycles. The third-order valence-corrected chi connectivity index (χ3v) is 6.33. The third kappa shape index (κ3) is 6.27. The van der Waals surface area contributed by atoms with E-state index in [9.17, 15) is 4.57 Å². The van der Waals surface area contributed by atoms with Crippen LogP contribution >= 0.6 is 7.37 Å². The fraction of sp³-hybridized carbons (Fsp3) is 0.429. The van der Waals surface area contributed by atoms with Gasteiger partial charge in [-0.2, -0.15) is 0 Å². The van der Waals surface area contributed by atoms with Gasteiger partial charge in [0.05, 0.1) is 18.9 Å². The first-order chi connectivity index (χ1) is 13.1. The van der Waals surface area contributed by atoms with E-state index >= 15 is 0 Å². The van der Waals surface area contributed by atoms with Crippen LogP contribution in [-0.4, -0.2) is 32.1 Å². The molecule has 6 heteroatoms. The van der Waals surface area contributed by atoms with Crippen LogP contribution in [0.5, 0.6) is 0 Å². The third-order valence-electron chi connectivity index (χ3n) is 4.07. The van der Waals surface area contributed by atoms with Crippen LogP contribution in [0, 0.1) is 0 Å². The van der Waals surface area contributed by atoms with Crippen molar-refractivity contribution >= 4 is 7.37 Å². The highest BCUT2D eigenvalue weighted by molar-refractivity contribution is 7.59. The van der Waals surface area contributed by atoms with Gasteiger partial charge in [0.15, 0.2) is 0 Å². The van der Waals surface area contributed by atoms with Crippen molar-refractivity contribution < 1.29 is 18.6 Å². The van der Waals surface area contributed by atoms with Gasteiger partial charge < -0.3 is 14.0 Å². The summed E-state index contributed by atoms with van der Waals surface area (Å²) in [6.07, 6.45) is 0.153. The highest BCUT2D eigenvalue weighted by atomic mass is 31.2. The molecule has 1 unspecified atom stereocenters. The molecule has 0 fully saturated rings. The van der Waals surface area contributed by atoms with E-state index in [1.54, 1.807) is 0 Å². The second-order valence-corrected chi connectivity index (χ2v) is 8.43. The number of nitrogens with one attached hydrogen (secondary N) is 1. The molecule has 0 radical (unpaired) electrons. The molecule has 0 saturated heterocycles. The molecule has 0 aliphatic carbocycles. The number of rotatable bonds is 12. The first-order valence-corrected chi connectivity index (χ1v) is 11.3. The minimum absolute atomic E-state index is 0.106. The second kappa shape index (κ2) is 11.4. The summed E-state index contributed by atoms with van der Waals surface area (Å²) in [4.78, 5) is 0. The van der Waals surface area contributed by atoms with Crippen molar-refractivity contribution in [3.8, 4) is 0 Å². The van der Waals surface area contributed by atoms with Crippen molar-refractivity contribution in [2.24, 2.45) is 0 Å². The monoisotopic (exact) mass is 391 g/mol. The van der Waals surface area contributed by atoms with Crippen molar-refractivity contribution in [1.82, 2.24) is 5.32 Å². The van der Waals surface area contributed by atoms with Crippen molar-refractivity contribution in [2.75, 3.05) is 26.1 Å². The summed E-state index contributed by atoms with van der Waals surface area (Å²) in [6.45, 7) is 6.68. The van der Waals surface area contributed by atoms with E-state index in [0.717, 1.165) is 11.1 Å². The SMILES string of the molecule is CCOC(OCC)P(=O)(CNC(c1ccccc1)c1ccccc1)OCC. The van der Waals surface area contributed by atoms with E-state index in [4.69, 9.17) is 14.0 Å². The van der Waals surface area contributed by atoms with Gasteiger partial charge in [-0.3, -0.25) is 9.88 Å². The molecule has 1 N–H and O–H groups in total. The maximum absolute atomic E-state index is 13.5. The Morgan fingerprint density at radius 2 is 1.30 bits per heavy atom. The second-order valence-electron chi connectivity index (χ2n) is 5.98. The van der Waals surface area contributed by atoms with Crippen molar-refractivity contribution in [2.45, 2.75) is 32.8 Å². The summed E-state index contributed by atoms with van der Waals surface area (Å²) in [5.74, 6) is 0. The van der Waals surface area contributed by atoms with Gasteiger partial charge in [-0.1, -0.05) is 60.7 Å². The smallest absolute Gasteiger partial charge is 0.270 e. The summed E-state index contributed by atoms with van der Waals surface area (Å²) in [6, 6.07) is 19.2. The molecular formula is C21H30NO4P. The lowest BCUT2D eigenvalue weighted by Crippen LogP contribution is -2.29. The lowest BCUT2D eigenvalue weighted by atomic mass is 9.99. The number of benzene rings is 2. The molecule has 27 heavy (non-hydrogen) atoms. The average Bonchev–Trinajstić information content (AvgIpc) is 2.70. The van der Waals surface area contributed by atoms with Gasteiger partial charge in [-0.15, -0.1) is 0 Å². The predicted octanol–water partition coefficient (Wildman–Crippen LogP) is 4.99. The van der Waals surface area contributed by atoms with Crippen molar-refractivity contribution in [1.29, 1.82) is 0 Å². The summed E-state index contributed by atoms with van der Waals surface area (Å²) < 4.78 is 30.4. The standard InChI is InChI=1S/C21H30NO4P/c1-4-24-21(25-5-2)27(23,26-6-3)17-22-20(18-13-9-7-10-14-18)19-15-11-8-12-16-19/h7-16,20-22H,4-6,17H2,1-3H3. The zero-order chi connectivity index (χ0) is 19.5. The van der Waals surface area contributed by atoms with Crippen LogP contribution in [0.4, 0.5) is 0 Å². The quantitative estimate of drug-likeness (QED) is 0.408. The first-order valence-electron chi connectivity index (χ1n) is 9.44. The largest absolute Gasteiger partial charge is 0.345 e. The predicted molar refractivity (Wildman–Crippen MR) is 109 cm³/mol. The van der Waals surface area contributed by atoms with E-state index in [-0.39, 0.29) is 12.3 Å². The van der Waals surface area contributed by atoms with Gasteiger partial charge in [-0.25, -0.2) is 0 Å². The molecule has 0 aromatic heterocycles. The van der Waals surface area contributed by atoms with Crippen LogP contribution in [0.2, 0.25) is 0 Å². The Kier molecular flexibility index (Phi) is 9.19. The van der Waals surface area contributed by atoms with Gasteiger partial charge in [0, 0.05) is 13.2 Å². The summed E-state index contributed by atoms with van der Waals surface area (Å²) >= 11 is 0. The van der Waals surface area contributed by atoms with Crippen molar-refractivity contribution in [3.63, 3.8) is 0 Å². The normalized spacial score (nSPS) is 13.8. The minimum atomic E-state index is -3.21. The zero-order valence-corrected chi connectivity index (χ0v) is 17.2. The maximum atomic E-state index is 13.5. The van der Waals surface area contributed by atoms with Crippen LogP contribution in [0.1, 0.15) is 37.9 Å². The van der Waals surface area contributed by atoms with Crippen LogP contribution in [0.3, 0.4) is 0 Å². The highest BCUT2D eigenvalue weighted by Crippen LogP contribution is 2.52. The molecule has 0 saturated carbocycles. The molecule has 0 aliphatic heterocycles. The Bertz CT molecular complexity index is 650. The van der Waals surface area contributed by atoms with E-state index in [1.165, 1.54) is 0 Å². The van der Waals surface area contributed by atoms with Crippen LogP contribution in [-0.2, 0) is 18.6 Å². The van der Waals surface area contributed by atoms with Gasteiger partial charge in [0.2, 0.25) is 6.03 Å². The average molecular weight is 391 g/mol. The van der Waals surface area contributed by atoms with Gasteiger partial charge in [0.1, 0.15) is 0 Å². The molecule has 0 amide bonds. The molecule has 0 aliphatic rings. The Morgan fingerprint density at radius 1 is 0.815 bits per heavy atom. The highest BCUT2D eigenvalue weighted by Gasteiger charge is 2.36. The molecule has 2 rings (SSSR count). The Balaban J connectivity index is 2.26. The summed E-state index contributed by atoms with van der Waals surface area (Å²) in [5, 5.41) is 3.43. The lowest BCUT2D eigenvalue weighted by molar-refractivity contribution is -0.0890. The minimum Gasteiger partial charge on any atom is -0.345 e. The van der Waals surface area contributed by atoms with E-state index in [1.807, 2.05) is 57.2 Å². The van der Waals surface area contributed by atoms with E-state index in [2.05, 4.69) is 29.6 Å². The summed E-state index contributed by atoms with van der Waals surface area (Å²) in [7, 11) is -3.21. The molecule has 148 valence electrons. The van der Waals surface area contributed by atoms with Crippen LogP contribution in [0.25, 0.3) is 0 Å². The number of hydrogen-bond donors (Lipinski definition) is 1. The molecule has 2 aromatic carbocycles. The van der Waals surface area contributed by atoms with Gasteiger partial charge in [0.25, 0.3) is 7.37 Å². The topological polar surface area (TPSA) is 56.8 Å². The Labute approximate surface area is 162 Å². The molecule has 1 atom stereocenters. The van der Waals surface area contributed by atoms with E-state index < -0.39 is 13.4 Å². The molecular weight excluding hydrogens is 361 g/mol. The van der Waals surface area contributed by atoms with E-state index in [0.29, 0.717) is 19.8 Å². The molecule has 0 bridgehead atoms. The lowest BCUT2D eigenvalue weighted by Gasteiger charge is -2.29. The van der Waals surface area contributed by atoms with Gasteiger partial charge >= 0.3 is 0 Å². The Hall–Kier alpha value is -1.49. The molecule has 5 nitrogen and oxygen atoms in total. The molecule has 2 aromatic rings. The van der Waals surface area contributed by atoms with Crippen LogP contribution < -0.4 is 5.32 Å². The van der Waals surface area contributed by atoms with Gasteiger partial charge in [-0.05, 0) is 31.9 Å². The van der Waals surface area contributed by atoms with Crippen LogP contribution in [0.15, 0.2) is 60.7 Å². The number of ether oxygens (including phenoxy) is 2. The number of hydrogen-bond acceptors (Lipinski definition) is 5.